The number of nitrogens with zero attached hydrogens (tertiary/aromatic N) is 1. The highest BCUT2D eigenvalue weighted by atomic mass is 35.5. The van der Waals surface area contributed by atoms with Gasteiger partial charge in [-0.25, -0.2) is 0 Å². The molecule has 1 N–H and O–H groups in total. The van der Waals surface area contributed by atoms with Gasteiger partial charge in [0.1, 0.15) is 11.9 Å². The van der Waals surface area contributed by atoms with Crippen LogP contribution in [0.2, 0.25) is 0 Å². The molecule has 1 fully saturated rings. The summed E-state index contributed by atoms with van der Waals surface area (Å²) in [6.45, 7) is 2.77. The Balaban J connectivity index is 2.63. The van der Waals surface area contributed by atoms with Crippen molar-refractivity contribution in [2.24, 2.45) is 0 Å². The van der Waals surface area contributed by atoms with Gasteiger partial charge in [0.25, 0.3) is 0 Å². The fourth-order valence-electron chi connectivity index (χ4n) is 1.20. The summed E-state index contributed by atoms with van der Waals surface area (Å²) < 4.78 is 0. The number of carbonyl (C=O) groups excluding carboxylic acids is 2. The monoisotopic (exact) mass is 190 g/mol. The SMILES string of the molecule is CC1C(=O)NCCN1C(=O)CCl. The minimum atomic E-state index is -0.384. The van der Waals surface area contributed by atoms with Crippen LogP contribution in [0.25, 0.3) is 0 Å². The van der Waals surface area contributed by atoms with Crippen LogP contribution in [0.4, 0.5) is 0 Å². The summed E-state index contributed by atoms with van der Waals surface area (Å²) in [4.78, 5) is 23.7. The number of hydrogen-bond acceptors (Lipinski definition) is 2. The standard InChI is InChI=1S/C7H11ClN2O2/c1-5-7(12)9-2-3-10(5)6(11)4-8/h5H,2-4H2,1H3,(H,9,12). The smallest absolute Gasteiger partial charge is 0.242 e. The van der Waals surface area contributed by atoms with Gasteiger partial charge in [-0.3, -0.25) is 9.59 Å². The highest BCUT2D eigenvalue weighted by molar-refractivity contribution is 6.27. The van der Waals surface area contributed by atoms with Gasteiger partial charge < -0.3 is 10.2 Å². The molecule has 0 radical (unpaired) electrons. The zero-order valence-corrected chi connectivity index (χ0v) is 7.60. The van der Waals surface area contributed by atoms with E-state index in [0.29, 0.717) is 13.1 Å². The number of carbonyl (C=O) groups is 2. The summed E-state index contributed by atoms with van der Waals surface area (Å²) >= 11 is 5.38. The van der Waals surface area contributed by atoms with Crippen molar-refractivity contribution in [3.05, 3.63) is 0 Å². The predicted octanol–water partition coefficient (Wildman–Crippen LogP) is -0.428. The lowest BCUT2D eigenvalue weighted by Crippen LogP contribution is -2.56. The Labute approximate surface area is 75.9 Å². The molecule has 0 bridgehead atoms. The Morgan fingerprint density at radius 3 is 3.08 bits per heavy atom. The second-order valence-electron chi connectivity index (χ2n) is 2.69. The summed E-state index contributed by atoms with van der Waals surface area (Å²) in [6.07, 6.45) is 0. The second-order valence-corrected chi connectivity index (χ2v) is 2.96. The van der Waals surface area contributed by atoms with E-state index >= 15 is 0 Å². The van der Waals surface area contributed by atoms with Gasteiger partial charge in [0.05, 0.1) is 0 Å². The lowest BCUT2D eigenvalue weighted by atomic mass is 10.2. The first-order valence-electron chi connectivity index (χ1n) is 3.80. The van der Waals surface area contributed by atoms with Crippen LogP contribution in [0.5, 0.6) is 0 Å². The molecule has 1 saturated heterocycles. The van der Waals surface area contributed by atoms with E-state index in [4.69, 9.17) is 11.6 Å². The van der Waals surface area contributed by atoms with Gasteiger partial charge in [-0.05, 0) is 6.92 Å². The maximum atomic E-state index is 11.1. The Hall–Kier alpha value is -0.770. The number of amides is 2. The quantitative estimate of drug-likeness (QED) is 0.571. The van der Waals surface area contributed by atoms with E-state index < -0.39 is 0 Å². The van der Waals surface area contributed by atoms with Gasteiger partial charge >= 0.3 is 0 Å². The van der Waals surface area contributed by atoms with Crippen LogP contribution in [0.15, 0.2) is 0 Å². The third-order valence-electron chi connectivity index (χ3n) is 1.93. The molecule has 1 heterocycles. The molecule has 0 aromatic rings. The van der Waals surface area contributed by atoms with Gasteiger partial charge in [-0.1, -0.05) is 0 Å². The van der Waals surface area contributed by atoms with Crippen LogP contribution in [-0.4, -0.2) is 41.7 Å². The van der Waals surface area contributed by atoms with E-state index in [2.05, 4.69) is 5.32 Å². The number of piperazine rings is 1. The second kappa shape index (κ2) is 3.76. The van der Waals surface area contributed by atoms with Crippen molar-refractivity contribution in [1.82, 2.24) is 10.2 Å². The minimum absolute atomic E-state index is 0.0579. The number of nitrogens with one attached hydrogen (secondary N) is 1. The highest BCUT2D eigenvalue weighted by Crippen LogP contribution is 2.04. The molecule has 2 amide bonds. The number of hydrogen-bond donors (Lipinski definition) is 1. The Bertz CT molecular complexity index is 208. The molecule has 68 valence electrons. The molecule has 4 nitrogen and oxygen atoms in total. The van der Waals surface area contributed by atoms with Crippen LogP contribution in [0.1, 0.15) is 6.92 Å². The van der Waals surface area contributed by atoms with Gasteiger partial charge in [-0.15, -0.1) is 11.6 Å². The molecule has 0 aromatic heterocycles. The molecule has 0 aromatic carbocycles. The molecule has 12 heavy (non-hydrogen) atoms. The number of halogens is 1. The summed E-state index contributed by atoms with van der Waals surface area (Å²) in [5.41, 5.74) is 0. The maximum absolute atomic E-state index is 11.1. The highest BCUT2D eigenvalue weighted by Gasteiger charge is 2.28. The maximum Gasteiger partial charge on any atom is 0.242 e. The number of rotatable bonds is 1. The molecule has 0 saturated carbocycles. The summed E-state index contributed by atoms with van der Waals surface area (Å²) in [5, 5.41) is 2.66. The van der Waals surface area contributed by atoms with Crippen molar-refractivity contribution in [3.63, 3.8) is 0 Å². The van der Waals surface area contributed by atoms with Gasteiger partial charge in [0, 0.05) is 13.1 Å². The summed E-state index contributed by atoms with van der Waals surface area (Å²) in [5.74, 6) is -0.351. The Morgan fingerprint density at radius 1 is 1.83 bits per heavy atom. The largest absolute Gasteiger partial charge is 0.353 e. The van der Waals surface area contributed by atoms with E-state index in [1.165, 1.54) is 4.90 Å². The fraction of sp³-hybridized carbons (Fsp3) is 0.714. The van der Waals surface area contributed by atoms with Crippen LogP contribution in [0, 0.1) is 0 Å². The average molecular weight is 191 g/mol. The topological polar surface area (TPSA) is 49.4 Å². The van der Waals surface area contributed by atoms with Crippen LogP contribution < -0.4 is 5.32 Å². The molecule has 0 aliphatic carbocycles. The number of alkyl halides is 1. The van der Waals surface area contributed by atoms with Gasteiger partial charge in [0.15, 0.2) is 0 Å². The molecule has 1 aliphatic heterocycles. The van der Waals surface area contributed by atoms with Crippen molar-refractivity contribution in [3.8, 4) is 0 Å². The Morgan fingerprint density at radius 2 is 2.50 bits per heavy atom. The van der Waals surface area contributed by atoms with Gasteiger partial charge in [-0.2, -0.15) is 0 Å². The molecule has 1 rings (SSSR count). The summed E-state index contributed by atoms with van der Waals surface area (Å²) in [6, 6.07) is -0.384. The van der Waals surface area contributed by atoms with Crippen LogP contribution >= 0.6 is 11.6 Å². The molecule has 1 aliphatic rings. The van der Waals surface area contributed by atoms with E-state index in [-0.39, 0.29) is 23.7 Å². The minimum Gasteiger partial charge on any atom is -0.353 e. The van der Waals surface area contributed by atoms with E-state index in [1.807, 2.05) is 0 Å². The van der Waals surface area contributed by atoms with Crippen molar-refractivity contribution >= 4 is 23.4 Å². The fourth-order valence-corrected chi connectivity index (χ4v) is 1.35. The molecule has 5 heteroatoms. The summed E-state index contributed by atoms with van der Waals surface area (Å²) in [7, 11) is 0. The van der Waals surface area contributed by atoms with Crippen molar-refractivity contribution in [2.75, 3.05) is 19.0 Å². The zero-order chi connectivity index (χ0) is 9.14. The molecular weight excluding hydrogens is 180 g/mol. The Kier molecular flexibility index (Phi) is 2.92. The third-order valence-corrected chi connectivity index (χ3v) is 2.16. The lowest BCUT2D eigenvalue weighted by molar-refractivity contribution is -0.140. The van der Waals surface area contributed by atoms with E-state index in [0.717, 1.165) is 0 Å². The normalized spacial score (nSPS) is 23.7. The first-order valence-corrected chi connectivity index (χ1v) is 4.33. The van der Waals surface area contributed by atoms with Crippen molar-refractivity contribution in [1.29, 1.82) is 0 Å². The first kappa shape index (κ1) is 9.32. The predicted molar refractivity (Wildman–Crippen MR) is 44.9 cm³/mol. The van der Waals surface area contributed by atoms with E-state index in [1.54, 1.807) is 6.92 Å². The first-order chi connectivity index (χ1) is 5.66. The van der Waals surface area contributed by atoms with Crippen LogP contribution in [0.3, 0.4) is 0 Å². The molecule has 1 atom stereocenters. The molecular formula is C7H11ClN2O2. The lowest BCUT2D eigenvalue weighted by Gasteiger charge is -2.32. The van der Waals surface area contributed by atoms with Gasteiger partial charge in [0.2, 0.25) is 11.8 Å². The average Bonchev–Trinajstić information content (AvgIpc) is 2.08. The van der Waals surface area contributed by atoms with Crippen LogP contribution in [-0.2, 0) is 9.59 Å². The third kappa shape index (κ3) is 1.69. The van der Waals surface area contributed by atoms with Crippen molar-refractivity contribution in [2.45, 2.75) is 13.0 Å². The molecule has 0 spiro atoms. The molecule has 1 unspecified atom stereocenters. The van der Waals surface area contributed by atoms with Crippen molar-refractivity contribution < 1.29 is 9.59 Å². The zero-order valence-electron chi connectivity index (χ0n) is 6.84. The van der Waals surface area contributed by atoms with E-state index in [9.17, 15) is 9.59 Å².